The van der Waals surface area contributed by atoms with E-state index in [4.69, 9.17) is 5.73 Å². The van der Waals surface area contributed by atoms with Crippen LogP contribution >= 0.6 is 0 Å². The van der Waals surface area contributed by atoms with Gasteiger partial charge in [0.05, 0.1) is 5.52 Å². The van der Waals surface area contributed by atoms with Crippen LogP contribution in [0.1, 0.15) is 30.6 Å². The van der Waals surface area contributed by atoms with Gasteiger partial charge in [-0.2, -0.15) is 0 Å². The number of H-pyrrole nitrogens is 1. The van der Waals surface area contributed by atoms with Gasteiger partial charge in [-0.05, 0) is 25.0 Å². The van der Waals surface area contributed by atoms with Gasteiger partial charge in [0, 0.05) is 17.1 Å². The van der Waals surface area contributed by atoms with E-state index in [0.29, 0.717) is 5.52 Å². The molecule has 2 aromatic rings. The fourth-order valence-corrected chi connectivity index (χ4v) is 2.01. The lowest BCUT2D eigenvalue weighted by molar-refractivity contribution is 0.637. The minimum absolute atomic E-state index is 0.0273. The van der Waals surface area contributed by atoms with E-state index in [0.717, 1.165) is 23.1 Å². The maximum Gasteiger partial charge on any atom is 0.147 e. The largest absolute Gasteiger partial charge is 0.356 e. The van der Waals surface area contributed by atoms with E-state index in [2.05, 4.69) is 4.98 Å². The number of nitrogens with one attached hydrogen (secondary N) is 1. The van der Waals surface area contributed by atoms with Gasteiger partial charge in [-0.1, -0.05) is 19.1 Å². The number of benzene rings is 1. The summed E-state index contributed by atoms with van der Waals surface area (Å²) in [4.78, 5) is 3.06. The number of hydrogen-bond acceptors (Lipinski definition) is 1. The zero-order chi connectivity index (χ0) is 11.0. The van der Waals surface area contributed by atoms with Gasteiger partial charge in [-0.25, -0.2) is 4.39 Å². The third kappa shape index (κ3) is 1.53. The molecule has 0 aliphatic heterocycles. The summed E-state index contributed by atoms with van der Waals surface area (Å²) in [6, 6.07) is 5.06. The van der Waals surface area contributed by atoms with Crippen molar-refractivity contribution in [3.63, 3.8) is 0 Å². The average Bonchev–Trinajstić information content (AvgIpc) is 2.55. The van der Waals surface area contributed by atoms with Crippen LogP contribution in [0.2, 0.25) is 0 Å². The molecule has 0 aliphatic carbocycles. The molecule has 2 rings (SSSR count). The topological polar surface area (TPSA) is 41.8 Å². The van der Waals surface area contributed by atoms with Gasteiger partial charge in [0.2, 0.25) is 0 Å². The molecule has 1 unspecified atom stereocenters. The molecule has 0 amide bonds. The zero-order valence-corrected chi connectivity index (χ0v) is 8.97. The number of nitrogens with two attached hydrogens (primary N) is 1. The van der Waals surface area contributed by atoms with Crippen molar-refractivity contribution in [1.29, 1.82) is 0 Å². The number of rotatable bonds is 2. The summed E-state index contributed by atoms with van der Waals surface area (Å²) in [5.74, 6) is -0.217. The standard InChI is InChI=1S/C12H15FN2/c1-3-10(14)11-7(2)15-12-8(11)5-4-6-9(12)13/h4-6,10,15H,3,14H2,1-2H3. The van der Waals surface area contributed by atoms with Crippen molar-refractivity contribution in [2.45, 2.75) is 26.3 Å². The number of fused-ring (bicyclic) bond motifs is 1. The van der Waals surface area contributed by atoms with E-state index in [1.165, 1.54) is 6.07 Å². The summed E-state index contributed by atoms with van der Waals surface area (Å²) in [6.45, 7) is 3.96. The third-order valence-electron chi connectivity index (χ3n) is 2.83. The average molecular weight is 206 g/mol. The molecule has 1 atom stereocenters. The predicted molar refractivity (Wildman–Crippen MR) is 60.2 cm³/mol. The monoisotopic (exact) mass is 206 g/mol. The Hall–Kier alpha value is -1.35. The molecule has 1 heterocycles. The van der Waals surface area contributed by atoms with E-state index in [9.17, 15) is 4.39 Å². The Morgan fingerprint density at radius 1 is 1.47 bits per heavy atom. The summed E-state index contributed by atoms with van der Waals surface area (Å²) in [6.07, 6.45) is 0.851. The highest BCUT2D eigenvalue weighted by molar-refractivity contribution is 5.85. The molecule has 0 radical (unpaired) electrons. The third-order valence-corrected chi connectivity index (χ3v) is 2.83. The minimum Gasteiger partial charge on any atom is -0.356 e. The highest BCUT2D eigenvalue weighted by Crippen LogP contribution is 2.29. The van der Waals surface area contributed by atoms with Crippen molar-refractivity contribution in [2.24, 2.45) is 5.73 Å². The van der Waals surface area contributed by atoms with Gasteiger partial charge < -0.3 is 10.7 Å². The van der Waals surface area contributed by atoms with E-state index in [1.54, 1.807) is 6.07 Å². The van der Waals surface area contributed by atoms with Crippen LogP contribution in [0.5, 0.6) is 0 Å². The molecule has 1 aromatic heterocycles. The van der Waals surface area contributed by atoms with E-state index >= 15 is 0 Å². The Balaban J connectivity index is 2.73. The summed E-state index contributed by atoms with van der Waals surface area (Å²) < 4.78 is 13.5. The maximum absolute atomic E-state index is 13.5. The Morgan fingerprint density at radius 3 is 2.87 bits per heavy atom. The van der Waals surface area contributed by atoms with Crippen LogP contribution < -0.4 is 5.73 Å². The van der Waals surface area contributed by atoms with Crippen molar-refractivity contribution in [3.8, 4) is 0 Å². The molecule has 3 N–H and O–H groups in total. The fraction of sp³-hybridized carbons (Fsp3) is 0.333. The number of aromatic nitrogens is 1. The fourth-order valence-electron chi connectivity index (χ4n) is 2.01. The van der Waals surface area contributed by atoms with Crippen molar-refractivity contribution < 1.29 is 4.39 Å². The van der Waals surface area contributed by atoms with Crippen molar-refractivity contribution >= 4 is 10.9 Å². The van der Waals surface area contributed by atoms with E-state index in [1.807, 2.05) is 19.9 Å². The lowest BCUT2D eigenvalue weighted by Crippen LogP contribution is -2.09. The lowest BCUT2D eigenvalue weighted by atomic mass is 10.0. The first-order chi connectivity index (χ1) is 7.15. The Kier molecular flexibility index (Phi) is 2.49. The predicted octanol–water partition coefficient (Wildman–Crippen LogP) is 3.03. The molecule has 1 aromatic carbocycles. The molecule has 0 aliphatic rings. The summed E-state index contributed by atoms with van der Waals surface area (Å²) in [5.41, 5.74) is 8.57. The van der Waals surface area contributed by atoms with Crippen molar-refractivity contribution in [2.75, 3.05) is 0 Å². The van der Waals surface area contributed by atoms with E-state index in [-0.39, 0.29) is 11.9 Å². The Bertz CT molecular complexity index is 488. The van der Waals surface area contributed by atoms with Gasteiger partial charge >= 0.3 is 0 Å². The second-order valence-electron chi connectivity index (χ2n) is 3.84. The molecule has 0 bridgehead atoms. The smallest absolute Gasteiger partial charge is 0.147 e. The number of hydrogen-bond donors (Lipinski definition) is 2. The number of aromatic amines is 1. The molecular weight excluding hydrogens is 191 g/mol. The second-order valence-corrected chi connectivity index (χ2v) is 3.84. The summed E-state index contributed by atoms with van der Waals surface area (Å²) >= 11 is 0. The van der Waals surface area contributed by atoms with Crippen LogP contribution in [0.4, 0.5) is 4.39 Å². The van der Waals surface area contributed by atoms with Gasteiger partial charge in [-0.15, -0.1) is 0 Å². The second kappa shape index (κ2) is 3.66. The molecule has 0 saturated carbocycles. The maximum atomic E-state index is 13.5. The molecule has 0 fully saturated rings. The van der Waals surface area contributed by atoms with Gasteiger partial charge in [0.1, 0.15) is 5.82 Å². The first-order valence-corrected chi connectivity index (χ1v) is 5.17. The quantitative estimate of drug-likeness (QED) is 0.779. The molecule has 0 spiro atoms. The van der Waals surface area contributed by atoms with Crippen LogP contribution in [-0.4, -0.2) is 4.98 Å². The zero-order valence-electron chi connectivity index (χ0n) is 8.97. The number of aryl methyl sites for hydroxylation is 1. The molecular formula is C12H15FN2. The van der Waals surface area contributed by atoms with Crippen LogP contribution in [0.25, 0.3) is 10.9 Å². The molecule has 2 nitrogen and oxygen atoms in total. The SMILES string of the molecule is CCC(N)c1c(C)[nH]c2c(F)cccc12. The molecule has 0 saturated heterocycles. The van der Waals surface area contributed by atoms with Crippen molar-refractivity contribution in [3.05, 3.63) is 35.3 Å². The molecule has 3 heteroatoms. The highest BCUT2D eigenvalue weighted by Gasteiger charge is 2.15. The highest BCUT2D eigenvalue weighted by atomic mass is 19.1. The van der Waals surface area contributed by atoms with Gasteiger partial charge in [0.15, 0.2) is 0 Å². The van der Waals surface area contributed by atoms with Crippen LogP contribution in [-0.2, 0) is 0 Å². The number of para-hydroxylation sites is 1. The van der Waals surface area contributed by atoms with Crippen LogP contribution in [0.15, 0.2) is 18.2 Å². The first-order valence-electron chi connectivity index (χ1n) is 5.17. The molecule has 15 heavy (non-hydrogen) atoms. The summed E-state index contributed by atoms with van der Waals surface area (Å²) in [5, 5.41) is 0.904. The Morgan fingerprint density at radius 2 is 2.20 bits per heavy atom. The van der Waals surface area contributed by atoms with Gasteiger partial charge in [0.25, 0.3) is 0 Å². The van der Waals surface area contributed by atoms with E-state index < -0.39 is 0 Å². The van der Waals surface area contributed by atoms with Gasteiger partial charge in [-0.3, -0.25) is 0 Å². The molecule has 80 valence electrons. The Labute approximate surface area is 88.3 Å². The van der Waals surface area contributed by atoms with Crippen molar-refractivity contribution in [1.82, 2.24) is 4.98 Å². The minimum atomic E-state index is -0.217. The number of halogens is 1. The first kappa shape index (κ1) is 10.2. The summed E-state index contributed by atoms with van der Waals surface area (Å²) in [7, 11) is 0. The van der Waals surface area contributed by atoms with Crippen LogP contribution in [0, 0.1) is 12.7 Å². The van der Waals surface area contributed by atoms with Crippen LogP contribution in [0.3, 0.4) is 0 Å². The normalized spacial score (nSPS) is 13.3. The lowest BCUT2D eigenvalue weighted by Gasteiger charge is -2.08.